The van der Waals surface area contributed by atoms with Crippen molar-refractivity contribution in [3.05, 3.63) is 34.9 Å². The average Bonchev–Trinajstić information content (AvgIpc) is 2.87. The van der Waals surface area contributed by atoms with Gasteiger partial charge >= 0.3 is 0 Å². The van der Waals surface area contributed by atoms with E-state index in [1.807, 2.05) is 0 Å². The van der Waals surface area contributed by atoms with Gasteiger partial charge in [-0.25, -0.2) is 0 Å². The Hall–Kier alpha value is -0.860. The molecule has 98 valence electrons. The monoisotopic (exact) mass is 246 g/mol. The summed E-state index contributed by atoms with van der Waals surface area (Å²) in [5.41, 5.74) is 3.99. The second-order valence-corrected chi connectivity index (χ2v) is 5.62. The smallest absolute Gasteiger partial charge is 0.0814 e. The van der Waals surface area contributed by atoms with Crippen molar-refractivity contribution in [2.24, 2.45) is 0 Å². The van der Waals surface area contributed by atoms with Gasteiger partial charge in [-0.1, -0.05) is 18.2 Å². The van der Waals surface area contributed by atoms with E-state index < -0.39 is 0 Å². The fourth-order valence-electron chi connectivity index (χ4n) is 3.18. The highest BCUT2D eigenvalue weighted by Gasteiger charge is 2.20. The van der Waals surface area contributed by atoms with Crippen molar-refractivity contribution in [2.75, 3.05) is 6.61 Å². The van der Waals surface area contributed by atoms with Crippen molar-refractivity contribution >= 4 is 0 Å². The normalized spacial score (nSPS) is 24.8. The summed E-state index contributed by atoms with van der Waals surface area (Å²) in [4.78, 5) is 0. The van der Waals surface area contributed by atoms with E-state index in [1.54, 1.807) is 0 Å². The van der Waals surface area contributed by atoms with E-state index in [9.17, 15) is 5.11 Å². The molecule has 0 bridgehead atoms. The highest BCUT2D eigenvalue weighted by molar-refractivity contribution is 5.36. The van der Waals surface area contributed by atoms with Crippen LogP contribution < -0.4 is 0 Å². The molecule has 0 saturated carbocycles. The van der Waals surface area contributed by atoms with Crippen LogP contribution in [0.15, 0.2) is 18.2 Å². The second-order valence-electron chi connectivity index (χ2n) is 5.62. The first-order chi connectivity index (χ1) is 8.83. The Morgan fingerprint density at radius 2 is 2.06 bits per heavy atom. The number of hydrogen-bond donors (Lipinski definition) is 1. The van der Waals surface area contributed by atoms with Gasteiger partial charge in [0, 0.05) is 13.0 Å². The summed E-state index contributed by atoms with van der Waals surface area (Å²) in [5, 5.41) is 10.3. The molecule has 18 heavy (non-hydrogen) atoms. The number of hydrogen-bond acceptors (Lipinski definition) is 2. The first-order valence-electron chi connectivity index (χ1n) is 7.24. The van der Waals surface area contributed by atoms with Gasteiger partial charge in [0.05, 0.1) is 12.2 Å². The van der Waals surface area contributed by atoms with E-state index in [4.69, 9.17) is 4.74 Å². The van der Waals surface area contributed by atoms with Gasteiger partial charge in [-0.3, -0.25) is 0 Å². The van der Waals surface area contributed by atoms with Crippen LogP contribution in [-0.4, -0.2) is 17.8 Å². The van der Waals surface area contributed by atoms with Crippen LogP contribution in [0.2, 0.25) is 0 Å². The molecule has 0 aromatic heterocycles. The fourth-order valence-corrected chi connectivity index (χ4v) is 3.18. The third-order valence-corrected chi connectivity index (χ3v) is 4.27. The quantitative estimate of drug-likeness (QED) is 0.887. The summed E-state index contributed by atoms with van der Waals surface area (Å²) in [6.45, 7) is 0.863. The van der Waals surface area contributed by atoms with Gasteiger partial charge in [0.1, 0.15) is 0 Å². The number of rotatable bonds is 3. The molecule has 2 atom stereocenters. The van der Waals surface area contributed by atoms with Crippen LogP contribution in [0.1, 0.15) is 54.9 Å². The first-order valence-corrected chi connectivity index (χ1v) is 7.24. The zero-order valence-corrected chi connectivity index (χ0v) is 10.9. The molecule has 1 heterocycles. The highest BCUT2D eigenvalue weighted by Crippen LogP contribution is 2.29. The number of benzene rings is 1. The van der Waals surface area contributed by atoms with Gasteiger partial charge < -0.3 is 9.84 Å². The maximum atomic E-state index is 10.3. The van der Waals surface area contributed by atoms with Crippen LogP contribution in [0, 0.1) is 0 Å². The van der Waals surface area contributed by atoms with Crippen LogP contribution >= 0.6 is 0 Å². The van der Waals surface area contributed by atoms with Gasteiger partial charge in [-0.15, -0.1) is 0 Å². The molecule has 0 amide bonds. The molecule has 2 aliphatic rings. The summed E-state index contributed by atoms with van der Waals surface area (Å²) in [7, 11) is 0. The van der Waals surface area contributed by atoms with Crippen molar-refractivity contribution < 1.29 is 9.84 Å². The Balaban J connectivity index is 1.66. The first kappa shape index (κ1) is 12.2. The summed E-state index contributed by atoms with van der Waals surface area (Å²) in [6.07, 6.45) is 7.79. The summed E-state index contributed by atoms with van der Waals surface area (Å²) < 4.78 is 5.70. The van der Waals surface area contributed by atoms with Crippen LogP contribution in [0.5, 0.6) is 0 Å². The molecule has 0 spiro atoms. The van der Waals surface area contributed by atoms with Crippen LogP contribution in [0.3, 0.4) is 0 Å². The van der Waals surface area contributed by atoms with Gasteiger partial charge in [-0.2, -0.15) is 0 Å². The van der Waals surface area contributed by atoms with Gasteiger partial charge in [0.25, 0.3) is 0 Å². The average molecular weight is 246 g/mol. The third kappa shape index (κ3) is 2.60. The SMILES string of the molecule is OC(CC1CCCCO1)c1ccc2c(c1)CCC2. The predicted molar refractivity (Wildman–Crippen MR) is 71.6 cm³/mol. The molecule has 1 N–H and O–H groups in total. The van der Waals surface area contributed by atoms with E-state index in [0.29, 0.717) is 0 Å². The summed E-state index contributed by atoms with van der Waals surface area (Å²) in [6, 6.07) is 6.50. The largest absolute Gasteiger partial charge is 0.388 e. The van der Waals surface area contributed by atoms with E-state index in [0.717, 1.165) is 25.0 Å². The van der Waals surface area contributed by atoms with Crippen molar-refractivity contribution in [2.45, 2.75) is 57.2 Å². The van der Waals surface area contributed by atoms with Crippen LogP contribution in [0.25, 0.3) is 0 Å². The van der Waals surface area contributed by atoms with E-state index >= 15 is 0 Å². The molecule has 3 rings (SSSR count). The van der Waals surface area contributed by atoms with Crippen LogP contribution in [-0.2, 0) is 17.6 Å². The number of ether oxygens (including phenoxy) is 1. The van der Waals surface area contributed by atoms with Crippen LogP contribution in [0.4, 0.5) is 0 Å². The third-order valence-electron chi connectivity index (χ3n) is 4.27. The minimum atomic E-state index is -0.362. The van der Waals surface area contributed by atoms with E-state index in [1.165, 1.54) is 43.2 Å². The Kier molecular flexibility index (Phi) is 3.67. The predicted octanol–water partition coefficient (Wildman–Crippen LogP) is 3.17. The van der Waals surface area contributed by atoms with E-state index in [2.05, 4.69) is 18.2 Å². The molecular formula is C16H22O2. The Labute approximate surface area is 109 Å². The Bertz CT molecular complexity index is 408. The maximum Gasteiger partial charge on any atom is 0.0814 e. The molecule has 1 aromatic carbocycles. The lowest BCUT2D eigenvalue weighted by Gasteiger charge is -2.25. The maximum absolute atomic E-state index is 10.3. The molecule has 1 aliphatic heterocycles. The zero-order valence-electron chi connectivity index (χ0n) is 10.9. The molecule has 1 fully saturated rings. The van der Waals surface area contributed by atoms with Gasteiger partial charge in [-0.05, 0) is 55.2 Å². The second kappa shape index (κ2) is 5.41. The highest BCUT2D eigenvalue weighted by atomic mass is 16.5. The standard InChI is InChI=1S/C16H22O2/c17-16(11-15-6-1-2-9-18-15)14-8-7-12-4-3-5-13(12)10-14/h7-8,10,15-17H,1-6,9,11H2. The minimum absolute atomic E-state index is 0.252. The number of aryl methyl sites for hydroxylation is 2. The summed E-state index contributed by atoms with van der Waals surface area (Å²) in [5.74, 6) is 0. The van der Waals surface area contributed by atoms with Crippen molar-refractivity contribution in [3.8, 4) is 0 Å². The molecule has 2 unspecified atom stereocenters. The number of fused-ring (bicyclic) bond motifs is 1. The zero-order chi connectivity index (χ0) is 12.4. The Morgan fingerprint density at radius 1 is 1.17 bits per heavy atom. The molecule has 2 heteroatoms. The lowest BCUT2D eigenvalue weighted by atomic mass is 9.96. The van der Waals surface area contributed by atoms with Crippen molar-refractivity contribution in [3.63, 3.8) is 0 Å². The molecule has 0 radical (unpaired) electrons. The molecule has 1 aromatic rings. The number of aliphatic hydroxyl groups excluding tert-OH is 1. The van der Waals surface area contributed by atoms with Gasteiger partial charge in [0.15, 0.2) is 0 Å². The molecule has 2 nitrogen and oxygen atoms in total. The van der Waals surface area contributed by atoms with E-state index in [-0.39, 0.29) is 12.2 Å². The molecule has 1 aliphatic carbocycles. The van der Waals surface area contributed by atoms with Crippen molar-refractivity contribution in [1.82, 2.24) is 0 Å². The number of aliphatic hydroxyl groups is 1. The van der Waals surface area contributed by atoms with Gasteiger partial charge in [0.2, 0.25) is 0 Å². The van der Waals surface area contributed by atoms with Crippen molar-refractivity contribution in [1.29, 1.82) is 0 Å². The molecule has 1 saturated heterocycles. The molecular weight excluding hydrogens is 224 g/mol. The minimum Gasteiger partial charge on any atom is -0.388 e. The lowest BCUT2D eigenvalue weighted by Crippen LogP contribution is -2.21. The summed E-state index contributed by atoms with van der Waals surface area (Å²) >= 11 is 0. The fraction of sp³-hybridized carbons (Fsp3) is 0.625. The Morgan fingerprint density at radius 3 is 2.89 bits per heavy atom. The topological polar surface area (TPSA) is 29.5 Å². The lowest BCUT2D eigenvalue weighted by molar-refractivity contribution is -0.0155.